The largest absolute Gasteiger partial charge is 0.369 e. The lowest BCUT2D eigenvalue weighted by atomic mass is 9.94. The molecule has 4 nitrogen and oxygen atoms in total. The molecule has 1 aliphatic heterocycles. The predicted octanol–water partition coefficient (Wildman–Crippen LogP) is 2.38. The third-order valence-electron chi connectivity index (χ3n) is 4.63. The molecule has 1 aliphatic rings. The van der Waals surface area contributed by atoms with Gasteiger partial charge in [-0.15, -0.1) is 0 Å². The summed E-state index contributed by atoms with van der Waals surface area (Å²) in [7, 11) is 0. The molecule has 1 heterocycles. The van der Waals surface area contributed by atoms with Crippen LogP contribution in [0.15, 0.2) is 18.2 Å². The first-order chi connectivity index (χ1) is 10.4. The highest BCUT2D eigenvalue weighted by atomic mass is 16.2. The zero-order valence-corrected chi connectivity index (χ0v) is 13.8. The number of piperidine rings is 1. The van der Waals surface area contributed by atoms with Crippen LogP contribution in [0, 0.1) is 12.8 Å². The minimum Gasteiger partial charge on any atom is -0.369 e. The highest BCUT2D eigenvalue weighted by molar-refractivity contribution is 5.80. The molecule has 0 bridgehead atoms. The summed E-state index contributed by atoms with van der Waals surface area (Å²) in [5, 5.41) is 0. The van der Waals surface area contributed by atoms with Crippen molar-refractivity contribution in [3.05, 3.63) is 34.9 Å². The van der Waals surface area contributed by atoms with Crippen molar-refractivity contribution in [1.82, 2.24) is 4.90 Å². The molecule has 0 aromatic heterocycles. The number of hydrogen-bond donors (Lipinski definition) is 1. The van der Waals surface area contributed by atoms with Gasteiger partial charge in [0.15, 0.2) is 0 Å². The van der Waals surface area contributed by atoms with Crippen molar-refractivity contribution in [2.75, 3.05) is 13.1 Å². The molecule has 2 N–H and O–H groups in total. The van der Waals surface area contributed by atoms with Crippen LogP contribution in [0.5, 0.6) is 0 Å². The van der Waals surface area contributed by atoms with Gasteiger partial charge >= 0.3 is 0 Å². The number of amides is 2. The maximum absolute atomic E-state index is 12.5. The number of aryl methyl sites for hydroxylation is 1. The Morgan fingerprint density at radius 1 is 1.27 bits per heavy atom. The second-order valence-electron chi connectivity index (χ2n) is 6.57. The number of benzene rings is 1. The van der Waals surface area contributed by atoms with Gasteiger partial charge < -0.3 is 10.6 Å². The van der Waals surface area contributed by atoms with Gasteiger partial charge in [-0.2, -0.15) is 0 Å². The Morgan fingerprint density at radius 2 is 1.91 bits per heavy atom. The number of carbonyl (C=O) groups is 2. The van der Waals surface area contributed by atoms with Crippen molar-refractivity contribution in [3.63, 3.8) is 0 Å². The summed E-state index contributed by atoms with van der Waals surface area (Å²) in [6, 6.07) is 6.37. The van der Waals surface area contributed by atoms with Gasteiger partial charge in [0, 0.05) is 19.0 Å². The second-order valence-corrected chi connectivity index (χ2v) is 6.57. The van der Waals surface area contributed by atoms with Gasteiger partial charge in [0.05, 0.1) is 6.42 Å². The zero-order valence-electron chi connectivity index (χ0n) is 13.8. The van der Waals surface area contributed by atoms with Crippen LogP contribution in [-0.2, 0) is 16.0 Å². The van der Waals surface area contributed by atoms with Crippen molar-refractivity contribution in [1.29, 1.82) is 0 Å². The Balaban J connectivity index is 2.01. The lowest BCUT2D eigenvalue weighted by molar-refractivity contribution is -0.134. The van der Waals surface area contributed by atoms with Gasteiger partial charge in [-0.1, -0.05) is 32.0 Å². The van der Waals surface area contributed by atoms with Crippen LogP contribution >= 0.6 is 0 Å². The average molecular weight is 302 g/mol. The fraction of sp³-hybridized carbons (Fsp3) is 0.556. The van der Waals surface area contributed by atoms with Gasteiger partial charge in [0.25, 0.3) is 0 Å². The molecule has 2 rings (SSSR count). The molecule has 0 spiro atoms. The predicted molar refractivity (Wildman–Crippen MR) is 87.5 cm³/mol. The fourth-order valence-corrected chi connectivity index (χ4v) is 2.93. The van der Waals surface area contributed by atoms with Crippen LogP contribution in [0.1, 0.15) is 49.3 Å². The highest BCUT2D eigenvalue weighted by Gasteiger charge is 2.26. The molecule has 1 aromatic rings. The van der Waals surface area contributed by atoms with Crippen LogP contribution in [0.3, 0.4) is 0 Å². The standard InChI is InChI=1S/C18H26N2O2/c1-12(2)15-5-4-13(3)16(10-15)11-17(21)20-8-6-14(7-9-20)18(19)22/h4-5,10,12,14H,6-9,11H2,1-3H3,(H2,19,22). The van der Waals surface area contributed by atoms with E-state index in [4.69, 9.17) is 5.73 Å². The van der Waals surface area contributed by atoms with Crippen LogP contribution in [0.2, 0.25) is 0 Å². The number of likely N-dealkylation sites (tertiary alicyclic amines) is 1. The SMILES string of the molecule is Cc1ccc(C(C)C)cc1CC(=O)N1CCC(C(N)=O)CC1. The summed E-state index contributed by atoms with van der Waals surface area (Å²) in [5.41, 5.74) is 8.86. The lowest BCUT2D eigenvalue weighted by Crippen LogP contribution is -2.42. The van der Waals surface area contributed by atoms with E-state index in [9.17, 15) is 9.59 Å². The first kappa shape index (κ1) is 16.5. The van der Waals surface area contributed by atoms with E-state index in [0.29, 0.717) is 38.3 Å². The molecule has 4 heteroatoms. The average Bonchev–Trinajstić information content (AvgIpc) is 2.49. The number of nitrogens with two attached hydrogens (primary N) is 1. The van der Waals surface area contributed by atoms with E-state index >= 15 is 0 Å². The number of primary amides is 1. The Labute approximate surface area is 132 Å². The Kier molecular flexibility index (Phi) is 5.22. The third kappa shape index (κ3) is 3.87. The van der Waals surface area contributed by atoms with Crippen LogP contribution in [0.25, 0.3) is 0 Å². The Morgan fingerprint density at radius 3 is 2.45 bits per heavy atom. The monoisotopic (exact) mass is 302 g/mol. The van der Waals surface area contributed by atoms with Gasteiger partial charge in [-0.3, -0.25) is 9.59 Å². The molecule has 22 heavy (non-hydrogen) atoms. The van der Waals surface area contributed by atoms with Crippen molar-refractivity contribution < 1.29 is 9.59 Å². The molecule has 0 radical (unpaired) electrons. The van der Waals surface area contributed by atoms with E-state index in [2.05, 4.69) is 32.0 Å². The Bertz CT molecular complexity index is 558. The number of hydrogen-bond acceptors (Lipinski definition) is 2. The zero-order chi connectivity index (χ0) is 16.3. The molecule has 120 valence electrons. The van der Waals surface area contributed by atoms with Crippen LogP contribution in [-0.4, -0.2) is 29.8 Å². The summed E-state index contributed by atoms with van der Waals surface area (Å²) >= 11 is 0. The molecule has 2 amide bonds. The van der Waals surface area contributed by atoms with Crippen LogP contribution < -0.4 is 5.73 Å². The van der Waals surface area contributed by atoms with Crippen molar-refractivity contribution >= 4 is 11.8 Å². The van der Waals surface area contributed by atoms with Crippen molar-refractivity contribution in [2.24, 2.45) is 11.7 Å². The quantitative estimate of drug-likeness (QED) is 0.928. The topological polar surface area (TPSA) is 63.4 Å². The molecule has 0 atom stereocenters. The highest BCUT2D eigenvalue weighted by Crippen LogP contribution is 2.21. The molecular weight excluding hydrogens is 276 g/mol. The van der Waals surface area contributed by atoms with Gasteiger partial charge in [-0.25, -0.2) is 0 Å². The molecule has 1 fully saturated rings. The summed E-state index contributed by atoms with van der Waals surface area (Å²) in [6.07, 6.45) is 1.81. The minimum atomic E-state index is -0.243. The Hall–Kier alpha value is -1.84. The van der Waals surface area contributed by atoms with Crippen molar-refractivity contribution in [2.45, 2.75) is 46.0 Å². The molecule has 0 aliphatic carbocycles. The molecule has 1 saturated heterocycles. The maximum Gasteiger partial charge on any atom is 0.227 e. The summed E-state index contributed by atoms with van der Waals surface area (Å²) < 4.78 is 0. The third-order valence-corrected chi connectivity index (χ3v) is 4.63. The first-order valence-electron chi connectivity index (χ1n) is 8.05. The van der Waals surface area contributed by atoms with Gasteiger partial charge in [-0.05, 0) is 42.4 Å². The van der Waals surface area contributed by atoms with E-state index < -0.39 is 0 Å². The molecule has 1 aromatic carbocycles. The number of nitrogens with zero attached hydrogens (tertiary/aromatic N) is 1. The fourth-order valence-electron chi connectivity index (χ4n) is 2.93. The van der Waals surface area contributed by atoms with E-state index in [1.165, 1.54) is 5.56 Å². The molecule has 0 unspecified atom stereocenters. The van der Waals surface area contributed by atoms with Gasteiger partial charge in [0.1, 0.15) is 0 Å². The normalized spacial score (nSPS) is 16.1. The summed E-state index contributed by atoms with van der Waals surface area (Å²) in [5.74, 6) is 0.287. The smallest absolute Gasteiger partial charge is 0.227 e. The number of carbonyl (C=O) groups excluding carboxylic acids is 2. The first-order valence-corrected chi connectivity index (χ1v) is 8.05. The number of rotatable bonds is 4. The second kappa shape index (κ2) is 6.95. The van der Waals surface area contributed by atoms with E-state index in [-0.39, 0.29) is 17.7 Å². The maximum atomic E-state index is 12.5. The summed E-state index contributed by atoms with van der Waals surface area (Å²) in [6.45, 7) is 7.63. The lowest BCUT2D eigenvalue weighted by Gasteiger charge is -2.30. The van der Waals surface area contributed by atoms with E-state index in [1.54, 1.807) is 0 Å². The van der Waals surface area contributed by atoms with Gasteiger partial charge in [0.2, 0.25) is 11.8 Å². The molecule has 0 saturated carbocycles. The van der Waals surface area contributed by atoms with Crippen LogP contribution in [0.4, 0.5) is 0 Å². The van der Waals surface area contributed by atoms with E-state index in [1.807, 2.05) is 11.8 Å². The summed E-state index contributed by atoms with van der Waals surface area (Å²) in [4.78, 5) is 25.5. The van der Waals surface area contributed by atoms with E-state index in [0.717, 1.165) is 11.1 Å². The minimum absolute atomic E-state index is 0.0740. The van der Waals surface area contributed by atoms with Crippen molar-refractivity contribution in [3.8, 4) is 0 Å². The molecular formula is C18H26N2O2.